The van der Waals surface area contributed by atoms with Crippen molar-refractivity contribution in [2.24, 2.45) is 17.1 Å². The first-order chi connectivity index (χ1) is 15.4. The Morgan fingerprint density at radius 1 is 1.30 bits per heavy atom. The number of benzene rings is 1. The molecule has 2 rings (SSSR count). The van der Waals surface area contributed by atoms with Crippen LogP contribution < -0.4 is 10.6 Å². The molecule has 1 aliphatic rings. The van der Waals surface area contributed by atoms with E-state index < -0.39 is 35.5 Å². The predicted molar refractivity (Wildman–Crippen MR) is 125 cm³/mol. The maximum absolute atomic E-state index is 13.4. The number of methoxy groups -OCH3 is 1. The van der Waals surface area contributed by atoms with Crippen molar-refractivity contribution in [1.82, 2.24) is 4.90 Å². The van der Waals surface area contributed by atoms with Crippen LogP contribution in [0.4, 0.5) is 10.5 Å². The van der Waals surface area contributed by atoms with E-state index >= 15 is 0 Å². The van der Waals surface area contributed by atoms with Crippen molar-refractivity contribution in [3.05, 3.63) is 29.8 Å². The topological polar surface area (TPSA) is 133 Å². The van der Waals surface area contributed by atoms with E-state index in [0.29, 0.717) is 19.4 Å². The molecule has 9 nitrogen and oxygen atoms in total. The molecule has 4 atom stereocenters. The van der Waals surface area contributed by atoms with Crippen LogP contribution in [0.5, 0.6) is 0 Å². The van der Waals surface area contributed by atoms with Crippen molar-refractivity contribution in [2.45, 2.75) is 64.6 Å². The molecule has 2 amide bonds. The number of hydrogen-bond donors (Lipinski definition) is 3. The van der Waals surface area contributed by atoms with Gasteiger partial charge >= 0.3 is 12.1 Å². The monoisotopic (exact) mass is 463 g/mol. The van der Waals surface area contributed by atoms with Crippen LogP contribution in [0.1, 0.15) is 45.6 Å². The molecule has 0 aliphatic carbocycles. The number of anilines is 1. The van der Waals surface area contributed by atoms with Gasteiger partial charge in [0, 0.05) is 31.7 Å². The standard InChI is InChI=1S/C24H37N3O6/c1-15(22(30)31)10-20(28)18(25)12-24(2,3)13-21(29)27-14-17(26(4)23(32)33-5)11-16-8-6-7-9-19(16)27/h6-9,15,17-18,20,28H,10-14,25H2,1-5H3,(H,30,31)/t15-,17-,18+,20+/m1/s1. The Labute approximate surface area is 195 Å². The zero-order valence-corrected chi connectivity index (χ0v) is 20.2. The average Bonchev–Trinajstić information content (AvgIpc) is 2.76. The molecule has 0 saturated carbocycles. The van der Waals surface area contributed by atoms with Crippen molar-refractivity contribution in [2.75, 3.05) is 25.6 Å². The number of aliphatic hydroxyl groups is 1. The van der Waals surface area contributed by atoms with Crippen molar-refractivity contribution in [1.29, 1.82) is 0 Å². The van der Waals surface area contributed by atoms with Gasteiger partial charge in [0.15, 0.2) is 0 Å². The van der Waals surface area contributed by atoms with Crippen LogP contribution in [0.15, 0.2) is 24.3 Å². The molecule has 1 aromatic rings. The van der Waals surface area contributed by atoms with Crippen LogP contribution in [0.2, 0.25) is 0 Å². The molecule has 0 unspecified atom stereocenters. The van der Waals surface area contributed by atoms with Crippen LogP contribution in [0, 0.1) is 11.3 Å². The Morgan fingerprint density at radius 3 is 2.55 bits per heavy atom. The molecule has 1 aromatic carbocycles. The van der Waals surface area contributed by atoms with Crippen LogP contribution >= 0.6 is 0 Å². The Bertz CT molecular complexity index is 858. The first-order valence-electron chi connectivity index (χ1n) is 11.2. The van der Waals surface area contributed by atoms with Crippen LogP contribution in [-0.4, -0.2) is 72.0 Å². The van der Waals surface area contributed by atoms with E-state index in [1.54, 1.807) is 11.9 Å². The van der Waals surface area contributed by atoms with Gasteiger partial charge in [0.2, 0.25) is 5.91 Å². The summed E-state index contributed by atoms with van der Waals surface area (Å²) in [6.45, 7) is 5.70. The molecule has 4 N–H and O–H groups in total. The normalized spacial score (nSPS) is 18.6. The number of likely N-dealkylation sites (N-methyl/N-ethyl adjacent to an activating group) is 1. The van der Waals surface area contributed by atoms with Crippen molar-refractivity contribution >= 4 is 23.7 Å². The second-order valence-corrected chi connectivity index (χ2v) is 9.82. The Kier molecular flexibility index (Phi) is 8.85. The third-order valence-corrected chi connectivity index (χ3v) is 6.37. The van der Waals surface area contributed by atoms with Gasteiger partial charge in [0.25, 0.3) is 0 Å². The number of nitrogens with zero attached hydrogens (tertiary/aromatic N) is 2. The summed E-state index contributed by atoms with van der Waals surface area (Å²) in [6.07, 6.45) is -0.213. The summed E-state index contributed by atoms with van der Waals surface area (Å²) < 4.78 is 4.85. The van der Waals surface area contributed by atoms with E-state index in [1.165, 1.54) is 18.9 Å². The zero-order chi connectivity index (χ0) is 24.9. The summed E-state index contributed by atoms with van der Waals surface area (Å²) in [7, 11) is 2.99. The number of carboxylic acid groups (broad SMARTS) is 1. The molecule has 184 valence electrons. The summed E-state index contributed by atoms with van der Waals surface area (Å²) in [5, 5.41) is 19.4. The SMILES string of the molecule is COC(=O)N(C)[C@@H]1Cc2ccccc2N(C(=O)CC(C)(C)C[C@H](N)[C@@H](O)C[C@@H](C)C(=O)O)C1. The van der Waals surface area contributed by atoms with Gasteiger partial charge in [0.05, 0.1) is 25.2 Å². The molecule has 0 bridgehead atoms. The van der Waals surface area contributed by atoms with Gasteiger partial charge in [-0.05, 0) is 36.3 Å². The number of carbonyl (C=O) groups excluding carboxylic acids is 2. The molecule has 0 aromatic heterocycles. The van der Waals surface area contributed by atoms with Gasteiger partial charge in [-0.2, -0.15) is 0 Å². The predicted octanol–water partition coefficient (Wildman–Crippen LogP) is 2.25. The highest BCUT2D eigenvalue weighted by Gasteiger charge is 2.36. The second-order valence-electron chi connectivity index (χ2n) is 9.82. The number of aliphatic carboxylic acids is 1. The van der Waals surface area contributed by atoms with Crippen molar-refractivity contribution in [3.63, 3.8) is 0 Å². The number of rotatable bonds is 9. The lowest BCUT2D eigenvalue weighted by molar-refractivity contribution is -0.142. The number of ether oxygens (including phenoxy) is 1. The van der Waals surface area contributed by atoms with Crippen LogP contribution in [0.3, 0.4) is 0 Å². The Hall–Kier alpha value is -2.65. The molecular formula is C24H37N3O6. The maximum atomic E-state index is 13.4. The van der Waals surface area contributed by atoms with E-state index in [4.69, 9.17) is 15.6 Å². The summed E-state index contributed by atoms with van der Waals surface area (Å²) in [6, 6.07) is 6.77. The molecular weight excluding hydrogens is 426 g/mol. The van der Waals surface area contributed by atoms with Crippen molar-refractivity contribution in [3.8, 4) is 0 Å². The Balaban J connectivity index is 2.13. The van der Waals surface area contributed by atoms with Gasteiger partial charge in [-0.1, -0.05) is 39.0 Å². The first kappa shape index (κ1) is 26.6. The lowest BCUT2D eigenvalue weighted by Gasteiger charge is -2.39. The van der Waals surface area contributed by atoms with E-state index in [0.717, 1.165) is 11.3 Å². The highest BCUT2D eigenvalue weighted by molar-refractivity contribution is 5.95. The average molecular weight is 464 g/mol. The molecule has 0 fully saturated rings. The molecule has 33 heavy (non-hydrogen) atoms. The van der Waals surface area contributed by atoms with Crippen LogP contribution in [-0.2, 0) is 20.7 Å². The quantitative estimate of drug-likeness (QED) is 0.511. The number of aliphatic hydroxyl groups excluding tert-OH is 1. The lowest BCUT2D eigenvalue weighted by atomic mass is 9.79. The highest BCUT2D eigenvalue weighted by atomic mass is 16.5. The van der Waals surface area contributed by atoms with Gasteiger partial charge in [0.1, 0.15) is 0 Å². The number of carbonyl (C=O) groups is 3. The fraction of sp³-hybridized carbons (Fsp3) is 0.625. The van der Waals surface area contributed by atoms with E-state index in [2.05, 4.69) is 0 Å². The second kappa shape index (κ2) is 11.0. The number of fused-ring (bicyclic) bond motifs is 1. The minimum Gasteiger partial charge on any atom is -0.481 e. The summed E-state index contributed by atoms with van der Waals surface area (Å²) in [4.78, 5) is 39.8. The molecule has 0 radical (unpaired) electrons. The van der Waals surface area contributed by atoms with Crippen molar-refractivity contribution < 1.29 is 29.3 Å². The highest BCUT2D eigenvalue weighted by Crippen LogP contribution is 2.34. The van der Waals surface area contributed by atoms with E-state index in [-0.39, 0.29) is 24.8 Å². The number of hydrogen-bond acceptors (Lipinski definition) is 6. The number of amides is 2. The summed E-state index contributed by atoms with van der Waals surface area (Å²) in [5.41, 5.74) is 7.44. The minimum atomic E-state index is -0.981. The molecule has 0 spiro atoms. The number of para-hydroxylation sites is 1. The van der Waals surface area contributed by atoms with Gasteiger partial charge in [-0.15, -0.1) is 0 Å². The lowest BCUT2D eigenvalue weighted by Crippen LogP contribution is -2.51. The largest absolute Gasteiger partial charge is 0.481 e. The fourth-order valence-corrected chi connectivity index (χ4v) is 4.35. The van der Waals surface area contributed by atoms with Gasteiger partial charge in [-0.25, -0.2) is 4.79 Å². The zero-order valence-electron chi connectivity index (χ0n) is 20.2. The van der Waals surface area contributed by atoms with Crippen LogP contribution in [0.25, 0.3) is 0 Å². The van der Waals surface area contributed by atoms with Gasteiger partial charge in [-0.3, -0.25) is 9.59 Å². The molecule has 0 saturated heterocycles. The summed E-state index contributed by atoms with van der Waals surface area (Å²) in [5.74, 6) is -1.79. The van der Waals surface area contributed by atoms with E-state index in [9.17, 15) is 19.5 Å². The maximum Gasteiger partial charge on any atom is 0.409 e. The Morgan fingerprint density at radius 2 is 1.94 bits per heavy atom. The summed E-state index contributed by atoms with van der Waals surface area (Å²) >= 11 is 0. The smallest absolute Gasteiger partial charge is 0.409 e. The van der Waals surface area contributed by atoms with Gasteiger partial charge < -0.3 is 30.5 Å². The third kappa shape index (κ3) is 6.91. The third-order valence-electron chi connectivity index (χ3n) is 6.37. The molecule has 1 heterocycles. The number of carboxylic acids is 1. The molecule has 9 heteroatoms. The number of nitrogens with two attached hydrogens (primary N) is 1. The van der Waals surface area contributed by atoms with E-state index in [1.807, 2.05) is 38.1 Å². The fourth-order valence-electron chi connectivity index (χ4n) is 4.35. The minimum absolute atomic E-state index is 0.0571. The first-order valence-corrected chi connectivity index (χ1v) is 11.2. The molecule has 1 aliphatic heterocycles.